The molecule has 0 saturated carbocycles. The van der Waals surface area contributed by atoms with Gasteiger partial charge in [-0.1, -0.05) is 29.3 Å². The maximum atomic E-state index is 13.1. The number of pyridine rings is 1. The molecule has 0 spiro atoms. The summed E-state index contributed by atoms with van der Waals surface area (Å²) in [6.07, 6.45) is 2.17. The van der Waals surface area contributed by atoms with Gasteiger partial charge in [0, 0.05) is 86.2 Å². The van der Waals surface area contributed by atoms with Crippen LogP contribution in [0.3, 0.4) is 0 Å². The number of anilines is 3. The first-order valence-corrected chi connectivity index (χ1v) is 19.6. The minimum atomic E-state index is -0.776. The van der Waals surface area contributed by atoms with Crippen LogP contribution in [0.5, 0.6) is 17.2 Å². The van der Waals surface area contributed by atoms with E-state index in [-0.39, 0.29) is 43.5 Å². The molecule has 0 radical (unpaired) electrons. The number of piperazine rings is 1. The molecule has 306 valence electrons. The molecule has 7 rings (SSSR count). The number of amides is 5. The van der Waals surface area contributed by atoms with Gasteiger partial charge in [-0.05, 0) is 37.1 Å². The number of carbonyl (C=O) groups is 5. The van der Waals surface area contributed by atoms with Crippen molar-refractivity contribution < 1.29 is 38.2 Å². The van der Waals surface area contributed by atoms with Gasteiger partial charge < -0.3 is 34.6 Å². The molecule has 2 fully saturated rings. The largest absolute Gasteiger partial charge is 0.495 e. The summed E-state index contributed by atoms with van der Waals surface area (Å²) < 4.78 is 17.1. The monoisotopic (exact) mass is 842 g/mol. The van der Waals surface area contributed by atoms with Crippen LogP contribution in [0.4, 0.5) is 17.1 Å². The van der Waals surface area contributed by atoms with Gasteiger partial charge in [-0.25, -0.2) is 0 Å². The Hall–Kier alpha value is -6.15. The molecule has 0 bridgehead atoms. The van der Waals surface area contributed by atoms with E-state index >= 15 is 0 Å². The summed E-state index contributed by atoms with van der Waals surface area (Å²) in [5, 5.41) is 19.5. The number of rotatable bonds is 13. The number of nitrogens with zero attached hydrogens (tertiary/aromatic N) is 5. The lowest BCUT2D eigenvalue weighted by Crippen LogP contribution is -2.52. The van der Waals surface area contributed by atoms with Crippen LogP contribution in [0.2, 0.25) is 10.0 Å². The van der Waals surface area contributed by atoms with Gasteiger partial charge in [0.15, 0.2) is 11.5 Å². The first-order valence-electron chi connectivity index (χ1n) is 18.9. The highest BCUT2D eigenvalue weighted by Gasteiger charge is 2.40. The van der Waals surface area contributed by atoms with E-state index in [0.717, 1.165) is 6.54 Å². The smallest absolute Gasteiger partial charge is 0.255 e. The molecule has 18 heteroatoms. The number of fused-ring (bicyclic) bond motifs is 2. The van der Waals surface area contributed by atoms with Crippen LogP contribution in [0.15, 0.2) is 48.7 Å². The Morgan fingerprint density at radius 3 is 2.49 bits per heavy atom. The summed E-state index contributed by atoms with van der Waals surface area (Å²) in [5.74, 6) is -0.682. The number of ether oxygens (including phenoxy) is 3. The Balaban J connectivity index is 0.890. The fourth-order valence-corrected chi connectivity index (χ4v) is 7.95. The van der Waals surface area contributed by atoms with Gasteiger partial charge in [0.2, 0.25) is 23.6 Å². The molecule has 3 aliphatic rings. The third kappa shape index (κ3) is 8.82. The molecular formula is C41H40Cl2N8O8. The van der Waals surface area contributed by atoms with Crippen molar-refractivity contribution in [1.82, 2.24) is 25.0 Å². The summed E-state index contributed by atoms with van der Waals surface area (Å²) in [7, 11) is 3.03. The molecule has 4 aromatic rings. The first-order chi connectivity index (χ1) is 28.5. The van der Waals surface area contributed by atoms with Crippen molar-refractivity contribution in [2.75, 3.05) is 64.2 Å². The number of aromatic nitrogens is 1. The molecule has 0 aliphatic carbocycles. The Bertz CT molecular complexity index is 2400. The number of halogens is 2. The van der Waals surface area contributed by atoms with Crippen molar-refractivity contribution >= 4 is 80.7 Å². The lowest BCUT2D eigenvalue weighted by molar-refractivity contribution is -0.138. The van der Waals surface area contributed by atoms with Gasteiger partial charge in [0.25, 0.3) is 5.91 Å². The van der Waals surface area contributed by atoms with E-state index in [1.807, 2.05) is 0 Å². The second-order valence-corrected chi connectivity index (χ2v) is 15.0. The molecule has 1 atom stereocenters. The molecular weight excluding hydrogens is 803 g/mol. The maximum Gasteiger partial charge on any atom is 0.255 e. The first kappa shape index (κ1) is 41.0. The summed E-state index contributed by atoms with van der Waals surface area (Å²) in [4.78, 5) is 73.1. The topological polar surface area (TPSA) is 196 Å². The van der Waals surface area contributed by atoms with Gasteiger partial charge in [0.05, 0.1) is 53.3 Å². The number of hydrogen-bond donors (Lipinski definition) is 3. The van der Waals surface area contributed by atoms with Crippen molar-refractivity contribution in [3.63, 3.8) is 0 Å². The SMILES string of the molecule is COc1cc(Nc2c(C#N)cnc3cc(OCCCN4CCN(C(=O)CC(=O)Nc5cccc6c5CN(C5CCC(=O)NC5=O)C6=O)CC4)c(OC)cc23)c(Cl)cc1Cl. The third-order valence-corrected chi connectivity index (χ3v) is 11.2. The van der Waals surface area contributed by atoms with Crippen molar-refractivity contribution in [1.29, 1.82) is 5.26 Å². The Morgan fingerprint density at radius 1 is 0.983 bits per heavy atom. The maximum absolute atomic E-state index is 13.1. The van der Waals surface area contributed by atoms with Crippen molar-refractivity contribution in [3.05, 3.63) is 75.4 Å². The Labute approximate surface area is 349 Å². The highest BCUT2D eigenvalue weighted by molar-refractivity contribution is 6.37. The van der Waals surface area contributed by atoms with Gasteiger partial charge in [-0.15, -0.1) is 0 Å². The highest BCUT2D eigenvalue weighted by atomic mass is 35.5. The molecule has 5 amide bonds. The fourth-order valence-electron chi connectivity index (χ4n) is 7.45. The van der Waals surface area contributed by atoms with Crippen LogP contribution in [-0.2, 0) is 25.7 Å². The number of nitriles is 1. The molecule has 3 N–H and O–H groups in total. The normalized spacial score (nSPS) is 16.7. The lowest BCUT2D eigenvalue weighted by Gasteiger charge is -2.34. The molecule has 3 aliphatic heterocycles. The average Bonchev–Trinajstić information content (AvgIpc) is 3.56. The zero-order valence-electron chi connectivity index (χ0n) is 32.2. The van der Waals surface area contributed by atoms with Crippen LogP contribution in [0.25, 0.3) is 10.9 Å². The summed E-state index contributed by atoms with van der Waals surface area (Å²) in [5.41, 5.74) is 3.16. The molecule has 1 unspecified atom stereocenters. The van der Waals surface area contributed by atoms with Crippen LogP contribution < -0.4 is 30.2 Å². The predicted octanol–water partition coefficient (Wildman–Crippen LogP) is 4.88. The van der Waals surface area contributed by atoms with Crippen LogP contribution in [0.1, 0.15) is 47.2 Å². The molecule has 59 heavy (non-hydrogen) atoms. The molecule has 4 heterocycles. The summed E-state index contributed by atoms with van der Waals surface area (Å²) in [6.45, 7) is 3.37. The fraction of sp³-hybridized carbons (Fsp3) is 0.341. The number of methoxy groups -OCH3 is 2. The molecule has 3 aromatic carbocycles. The van der Waals surface area contributed by atoms with Crippen molar-refractivity contribution in [3.8, 4) is 23.3 Å². The minimum absolute atomic E-state index is 0.103. The van der Waals surface area contributed by atoms with E-state index in [9.17, 15) is 29.2 Å². The van der Waals surface area contributed by atoms with Gasteiger partial charge in [-0.3, -0.25) is 39.2 Å². The number of imide groups is 1. The van der Waals surface area contributed by atoms with Crippen LogP contribution in [0, 0.1) is 11.3 Å². The summed E-state index contributed by atoms with van der Waals surface area (Å²) >= 11 is 12.7. The zero-order chi connectivity index (χ0) is 41.8. The number of benzene rings is 3. The number of hydrogen-bond acceptors (Lipinski definition) is 12. The third-order valence-electron chi connectivity index (χ3n) is 10.5. The van der Waals surface area contributed by atoms with Crippen LogP contribution >= 0.6 is 23.2 Å². The van der Waals surface area contributed by atoms with E-state index in [2.05, 4.69) is 31.9 Å². The molecule has 16 nitrogen and oxygen atoms in total. The average molecular weight is 844 g/mol. The lowest BCUT2D eigenvalue weighted by atomic mass is 10.0. The number of nitrogens with one attached hydrogen (secondary N) is 3. The highest BCUT2D eigenvalue weighted by Crippen LogP contribution is 2.40. The Morgan fingerprint density at radius 2 is 1.76 bits per heavy atom. The Kier molecular flexibility index (Phi) is 12.4. The summed E-state index contributed by atoms with van der Waals surface area (Å²) in [6, 6.07) is 13.0. The molecule has 1 aromatic heterocycles. The zero-order valence-corrected chi connectivity index (χ0v) is 33.7. The van der Waals surface area contributed by atoms with Crippen molar-refractivity contribution in [2.24, 2.45) is 0 Å². The van der Waals surface area contributed by atoms with Gasteiger partial charge >= 0.3 is 0 Å². The van der Waals surface area contributed by atoms with Crippen LogP contribution in [-0.4, -0.2) is 109 Å². The second-order valence-electron chi connectivity index (χ2n) is 14.2. The van der Waals surface area contributed by atoms with Gasteiger partial charge in [-0.2, -0.15) is 5.26 Å². The standard InChI is InChI=1S/C41H40Cl2N8O8/c1-57-33-18-31(27(42)16-28(33)43)47-39-23(20-44)21-45-30-17-35(34(58-2)15-25(30)39)59-14-4-9-49-10-12-50(13-11-49)38(54)19-37(53)46-29-6-3-5-24-26(29)22-51(41(24)56)32-7-8-36(52)48-40(32)55/h3,5-6,15-18,21,32H,4,7-14,19,22H2,1-2H3,(H,45,47)(H,46,53)(H,48,52,55). The van der Waals surface area contributed by atoms with E-state index < -0.39 is 17.9 Å². The van der Waals surface area contributed by atoms with Crippen molar-refractivity contribution in [2.45, 2.75) is 38.3 Å². The number of carbonyl (C=O) groups excluding carboxylic acids is 5. The molecule has 2 saturated heterocycles. The van der Waals surface area contributed by atoms with E-state index in [1.54, 1.807) is 47.4 Å². The quantitative estimate of drug-likeness (QED) is 0.0940. The van der Waals surface area contributed by atoms with E-state index in [4.69, 9.17) is 37.4 Å². The predicted molar refractivity (Wildman–Crippen MR) is 218 cm³/mol. The van der Waals surface area contributed by atoms with E-state index in [1.165, 1.54) is 25.3 Å². The van der Waals surface area contributed by atoms with Gasteiger partial charge in [0.1, 0.15) is 24.3 Å². The second kappa shape index (κ2) is 17.8. The van der Waals surface area contributed by atoms with E-state index in [0.29, 0.717) is 111 Å². The number of piperidine rings is 1. The minimum Gasteiger partial charge on any atom is -0.495 e.